The average Bonchev–Trinajstić information content (AvgIpc) is 2.99. The fraction of sp³-hybridized carbons (Fsp3) is 0.258. The second-order valence-electron chi connectivity index (χ2n) is 9.93. The Bertz CT molecular complexity index is 1790. The Balaban J connectivity index is 1.52. The van der Waals surface area contributed by atoms with Crippen molar-refractivity contribution in [3.8, 4) is 22.5 Å². The monoisotopic (exact) mass is 520 g/mol. The zero-order chi connectivity index (χ0) is 27.1. The van der Waals surface area contributed by atoms with Gasteiger partial charge in [0.2, 0.25) is 0 Å². The topological polar surface area (TPSA) is 96.2 Å². The molecule has 39 heavy (non-hydrogen) atoms. The van der Waals surface area contributed by atoms with Crippen molar-refractivity contribution in [2.75, 3.05) is 20.3 Å². The van der Waals surface area contributed by atoms with Gasteiger partial charge in [0, 0.05) is 71.7 Å². The van der Waals surface area contributed by atoms with Crippen LogP contribution in [-0.4, -0.2) is 45.8 Å². The van der Waals surface area contributed by atoms with E-state index in [2.05, 4.69) is 17.1 Å². The van der Waals surface area contributed by atoms with Crippen molar-refractivity contribution in [3.05, 3.63) is 88.2 Å². The molecule has 0 bridgehead atoms. The van der Waals surface area contributed by atoms with Crippen LogP contribution in [0.5, 0.6) is 0 Å². The molecule has 6 rings (SSSR count). The van der Waals surface area contributed by atoms with Crippen molar-refractivity contribution >= 4 is 27.6 Å². The minimum Gasteiger partial charge on any atom is -0.464 e. The first-order valence-electron chi connectivity index (χ1n) is 13.0. The molecule has 4 aromatic heterocycles. The molecule has 1 aromatic carbocycles. The van der Waals surface area contributed by atoms with Gasteiger partial charge < -0.3 is 14.0 Å². The lowest BCUT2D eigenvalue weighted by atomic mass is 9.93. The fourth-order valence-corrected chi connectivity index (χ4v) is 5.35. The number of methoxy groups -OCH3 is 1. The highest BCUT2D eigenvalue weighted by Crippen LogP contribution is 2.36. The summed E-state index contributed by atoms with van der Waals surface area (Å²) in [7, 11) is 3.16. The zero-order valence-corrected chi connectivity index (χ0v) is 22.1. The number of ether oxygens (including phenoxy) is 2. The Morgan fingerprint density at radius 1 is 1.03 bits per heavy atom. The highest BCUT2D eigenvalue weighted by atomic mass is 16.5. The predicted molar refractivity (Wildman–Crippen MR) is 150 cm³/mol. The smallest absolute Gasteiger partial charge is 0.356 e. The average molecular weight is 521 g/mol. The summed E-state index contributed by atoms with van der Waals surface area (Å²) in [6, 6.07) is 15.6. The first-order valence-corrected chi connectivity index (χ1v) is 13.0. The Morgan fingerprint density at radius 3 is 2.59 bits per heavy atom. The molecular formula is C31H28N4O4. The molecule has 1 fully saturated rings. The Kier molecular flexibility index (Phi) is 6.40. The number of pyridine rings is 4. The summed E-state index contributed by atoms with van der Waals surface area (Å²) in [4.78, 5) is 38.8. The summed E-state index contributed by atoms with van der Waals surface area (Å²) in [6.07, 6.45) is 5.29. The van der Waals surface area contributed by atoms with Crippen LogP contribution in [0.25, 0.3) is 44.2 Å². The van der Waals surface area contributed by atoms with Crippen LogP contribution in [0.1, 0.15) is 40.5 Å². The third-order valence-electron chi connectivity index (χ3n) is 7.53. The third kappa shape index (κ3) is 4.46. The normalized spacial score (nSPS) is 14.1. The molecule has 196 valence electrons. The van der Waals surface area contributed by atoms with Crippen molar-refractivity contribution in [3.63, 3.8) is 0 Å². The van der Waals surface area contributed by atoms with Gasteiger partial charge in [-0.15, -0.1) is 0 Å². The van der Waals surface area contributed by atoms with E-state index < -0.39 is 5.97 Å². The number of rotatable bonds is 4. The summed E-state index contributed by atoms with van der Waals surface area (Å²) in [6.45, 7) is 3.26. The first kappa shape index (κ1) is 24.9. The number of nitrogens with zero attached hydrogens (tertiary/aromatic N) is 4. The molecule has 0 unspecified atom stereocenters. The number of esters is 1. The summed E-state index contributed by atoms with van der Waals surface area (Å²) >= 11 is 0. The third-order valence-corrected chi connectivity index (χ3v) is 7.53. The molecular weight excluding hydrogens is 492 g/mol. The number of carbonyl (C=O) groups is 1. The number of aromatic nitrogens is 4. The van der Waals surface area contributed by atoms with Crippen molar-refractivity contribution in [2.45, 2.75) is 25.7 Å². The van der Waals surface area contributed by atoms with Crippen LogP contribution in [0.3, 0.4) is 0 Å². The van der Waals surface area contributed by atoms with Gasteiger partial charge in [0.15, 0.2) is 0 Å². The van der Waals surface area contributed by atoms with E-state index in [1.807, 2.05) is 50.5 Å². The van der Waals surface area contributed by atoms with Crippen molar-refractivity contribution in [1.29, 1.82) is 0 Å². The molecule has 1 saturated heterocycles. The number of fused-ring (bicyclic) bond motifs is 2. The van der Waals surface area contributed by atoms with Crippen LogP contribution in [0.15, 0.2) is 65.7 Å². The summed E-state index contributed by atoms with van der Waals surface area (Å²) in [5.41, 5.74) is 6.12. The number of carbonyl (C=O) groups excluding carboxylic acids is 1. The number of hydrogen-bond donors (Lipinski definition) is 0. The van der Waals surface area contributed by atoms with Gasteiger partial charge in [-0.2, -0.15) is 0 Å². The van der Waals surface area contributed by atoms with Crippen molar-refractivity contribution < 1.29 is 14.3 Å². The Morgan fingerprint density at radius 2 is 1.85 bits per heavy atom. The maximum atomic E-state index is 12.9. The van der Waals surface area contributed by atoms with Gasteiger partial charge in [0.1, 0.15) is 5.69 Å². The number of benzene rings is 1. The molecule has 8 nitrogen and oxygen atoms in total. The second-order valence-corrected chi connectivity index (χ2v) is 9.93. The lowest BCUT2D eigenvalue weighted by Crippen LogP contribution is -2.21. The Hall–Kier alpha value is -4.43. The van der Waals surface area contributed by atoms with Crippen LogP contribution in [-0.2, 0) is 16.5 Å². The maximum Gasteiger partial charge on any atom is 0.356 e. The molecule has 1 aliphatic heterocycles. The van der Waals surface area contributed by atoms with E-state index in [4.69, 9.17) is 19.4 Å². The maximum absolute atomic E-state index is 12.9. The minimum absolute atomic E-state index is 0.00590. The highest BCUT2D eigenvalue weighted by molar-refractivity contribution is 6.03. The van der Waals surface area contributed by atoms with Gasteiger partial charge in [-0.05, 0) is 55.5 Å². The van der Waals surface area contributed by atoms with E-state index in [0.29, 0.717) is 18.8 Å². The van der Waals surface area contributed by atoms with Gasteiger partial charge in [-0.3, -0.25) is 14.8 Å². The molecule has 0 N–H and O–H groups in total. The van der Waals surface area contributed by atoms with Gasteiger partial charge >= 0.3 is 5.97 Å². The molecule has 1 aliphatic rings. The van der Waals surface area contributed by atoms with E-state index >= 15 is 0 Å². The van der Waals surface area contributed by atoms with Crippen LogP contribution in [0, 0.1) is 6.92 Å². The van der Waals surface area contributed by atoms with Crippen LogP contribution < -0.4 is 5.56 Å². The van der Waals surface area contributed by atoms with Gasteiger partial charge in [-0.25, -0.2) is 9.78 Å². The van der Waals surface area contributed by atoms with Crippen molar-refractivity contribution in [2.24, 2.45) is 7.05 Å². The number of aryl methyl sites for hydroxylation is 2. The molecule has 0 spiro atoms. The Labute approximate surface area is 225 Å². The lowest BCUT2D eigenvalue weighted by molar-refractivity contribution is 0.0594. The first-order chi connectivity index (χ1) is 18.9. The molecule has 0 amide bonds. The van der Waals surface area contributed by atoms with Gasteiger partial charge in [0.05, 0.1) is 24.0 Å². The molecule has 0 saturated carbocycles. The zero-order valence-electron chi connectivity index (χ0n) is 22.1. The predicted octanol–water partition coefficient (Wildman–Crippen LogP) is 5.20. The van der Waals surface area contributed by atoms with Gasteiger partial charge in [0.25, 0.3) is 5.56 Å². The standard InChI is InChI=1S/C31H28N4O4/c1-18-13-23-28(35(2)30(18)36)15-27(19-9-11-39-12-10-19)34-29(23)22-6-4-5-20-14-26(33-17-24(20)22)21-7-8-25(32-16-21)31(37)38-3/h4-8,13-17,19H,9-12H2,1-3H3. The molecule has 5 heterocycles. The minimum atomic E-state index is -0.479. The van der Waals surface area contributed by atoms with E-state index in [-0.39, 0.29) is 17.2 Å². The largest absolute Gasteiger partial charge is 0.464 e. The second kappa shape index (κ2) is 10.0. The van der Waals surface area contributed by atoms with E-state index in [1.165, 1.54) is 7.11 Å². The highest BCUT2D eigenvalue weighted by Gasteiger charge is 2.22. The summed E-state index contributed by atoms with van der Waals surface area (Å²) < 4.78 is 12.1. The lowest BCUT2D eigenvalue weighted by Gasteiger charge is -2.23. The molecule has 0 atom stereocenters. The number of hydrogen-bond acceptors (Lipinski definition) is 7. The SMILES string of the molecule is COC(=O)c1ccc(-c2cc3cccc(-c4nc(C5CCOCC5)cc5c4cc(C)c(=O)n5C)c3cn2)cn1. The fourth-order valence-electron chi connectivity index (χ4n) is 5.35. The van der Waals surface area contributed by atoms with E-state index in [0.717, 1.165) is 62.7 Å². The molecule has 8 heteroatoms. The van der Waals surface area contributed by atoms with Crippen LogP contribution >= 0.6 is 0 Å². The van der Waals surface area contributed by atoms with Crippen LogP contribution in [0.2, 0.25) is 0 Å². The molecule has 5 aromatic rings. The van der Waals surface area contributed by atoms with Crippen molar-refractivity contribution in [1.82, 2.24) is 19.5 Å². The van der Waals surface area contributed by atoms with Crippen LogP contribution in [0.4, 0.5) is 0 Å². The summed E-state index contributed by atoms with van der Waals surface area (Å²) in [5, 5.41) is 2.90. The molecule has 0 radical (unpaired) electrons. The van der Waals surface area contributed by atoms with Gasteiger partial charge in [-0.1, -0.05) is 18.2 Å². The van der Waals surface area contributed by atoms with E-state index in [1.54, 1.807) is 16.8 Å². The molecule has 0 aliphatic carbocycles. The quantitative estimate of drug-likeness (QED) is 0.301. The van der Waals surface area contributed by atoms with E-state index in [9.17, 15) is 9.59 Å². The summed E-state index contributed by atoms with van der Waals surface area (Å²) in [5.74, 6) is -0.202.